The van der Waals surface area contributed by atoms with Gasteiger partial charge in [0.15, 0.2) is 0 Å². The number of ether oxygens (including phenoxy) is 1. The van der Waals surface area contributed by atoms with Gasteiger partial charge in [-0.15, -0.1) is 0 Å². The van der Waals surface area contributed by atoms with E-state index in [1.54, 1.807) is 31.2 Å². The predicted octanol–water partition coefficient (Wildman–Crippen LogP) is 3.59. The van der Waals surface area contributed by atoms with Crippen molar-refractivity contribution in [3.05, 3.63) is 59.2 Å². The van der Waals surface area contributed by atoms with Crippen molar-refractivity contribution in [1.29, 1.82) is 0 Å². The lowest BCUT2D eigenvalue weighted by atomic mass is 10.1. The Morgan fingerprint density at radius 1 is 1.17 bits per heavy atom. The number of carbonyl (C=O) groups excluding carboxylic acids is 1. The van der Waals surface area contributed by atoms with Gasteiger partial charge in [0, 0.05) is 11.8 Å². The number of benzene rings is 2. The first-order valence-corrected chi connectivity index (χ1v) is 7.51. The van der Waals surface area contributed by atoms with Gasteiger partial charge in [-0.25, -0.2) is 8.78 Å². The second-order valence-corrected chi connectivity index (χ2v) is 5.56. The molecule has 2 rings (SSSR count). The first-order valence-electron chi connectivity index (χ1n) is 7.51. The molecule has 24 heavy (non-hydrogen) atoms. The van der Waals surface area contributed by atoms with Gasteiger partial charge in [-0.3, -0.25) is 4.79 Å². The topological polar surface area (TPSA) is 64.4 Å². The molecule has 0 saturated heterocycles. The Hall–Kier alpha value is -2.47. The largest absolute Gasteiger partial charge is 0.487 e. The maximum atomic E-state index is 12.3. The molecule has 0 aliphatic heterocycles. The van der Waals surface area contributed by atoms with E-state index in [-0.39, 0.29) is 5.91 Å². The molecule has 0 fully saturated rings. The second kappa shape index (κ2) is 7.88. The molecule has 1 atom stereocenters. The average molecular weight is 334 g/mol. The number of nitrogens with one attached hydrogen (secondary N) is 1. The van der Waals surface area contributed by atoms with E-state index in [2.05, 4.69) is 5.32 Å². The standard InChI is InChI=1S/C18H20F2N2O2/c1-11-3-6-13(7-4-11)17(21)18(23)22-14-8-5-12(2)15(9-14)24-10-16(19)20/h3-9,16-17H,10,21H2,1-2H3,(H,22,23). The lowest BCUT2D eigenvalue weighted by Crippen LogP contribution is -2.27. The van der Waals surface area contributed by atoms with Crippen LogP contribution in [0.3, 0.4) is 0 Å². The first-order chi connectivity index (χ1) is 11.4. The molecule has 128 valence electrons. The van der Waals surface area contributed by atoms with Crippen molar-refractivity contribution < 1.29 is 18.3 Å². The number of alkyl halides is 2. The van der Waals surface area contributed by atoms with Gasteiger partial charge in [0.2, 0.25) is 5.91 Å². The highest BCUT2D eigenvalue weighted by atomic mass is 19.3. The molecule has 0 bridgehead atoms. The molecule has 2 aromatic rings. The van der Waals surface area contributed by atoms with Gasteiger partial charge in [-0.05, 0) is 31.0 Å². The summed E-state index contributed by atoms with van der Waals surface area (Å²) in [5.41, 5.74) is 8.88. The fourth-order valence-electron chi connectivity index (χ4n) is 2.13. The van der Waals surface area contributed by atoms with Gasteiger partial charge >= 0.3 is 0 Å². The third-order valence-corrected chi connectivity index (χ3v) is 3.54. The summed E-state index contributed by atoms with van der Waals surface area (Å²) in [6, 6.07) is 11.4. The number of halogens is 2. The highest BCUT2D eigenvalue weighted by Crippen LogP contribution is 2.24. The van der Waals surface area contributed by atoms with Crippen LogP contribution in [0.4, 0.5) is 14.5 Å². The lowest BCUT2D eigenvalue weighted by Gasteiger charge is -2.15. The quantitative estimate of drug-likeness (QED) is 0.848. The first kappa shape index (κ1) is 17.9. The zero-order valence-corrected chi connectivity index (χ0v) is 13.6. The van der Waals surface area contributed by atoms with E-state index in [0.29, 0.717) is 22.6 Å². The van der Waals surface area contributed by atoms with Crippen molar-refractivity contribution in [2.75, 3.05) is 11.9 Å². The van der Waals surface area contributed by atoms with Crippen LogP contribution in [0.2, 0.25) is 0 Å². The molecule has 3 N–H and O–H groups in total. The Balaban J connectivity index is 2.08. The summed E-state index contributed by atoms with van der Waals surface area (Å²) in [5.74, 6) is -0.0838. The van der Waals surface area contributed by atoms with Gasteiger partial charge < -0.3 is 15.8 Å². The number of hydrogen-bond acceptors (Lipinski definition) is 3. The van der Waals surface area contributed by atoms with Crippen LogP contribution in [-0.4, -0.2) is 18.9 Å². The second-order valence-electron chi connectivity index (χ2n) is 5.56. The molecule has 0 aliphatic rings. The third-order valence-electron chi connectivity index (χ3n) is 3.54. The van der Waals surface area contributed by atoms with Crippen LogP contribution in [0.1, 0.15) is 22.7 Å². The summed E-state index contributed by atoms with van der Waals surface area (Å²) in [6.07, 6.45) is -2.56. The van der Waals surface area contributed by atoms with Crippen LogP contribution in [-0.2, 0) is 4.79 Å². The SMILES string of the molecule is Cc1ccc(C(N)C(=O)Nc2ccc(C)c(OCC(F)F)c2)cc1. The summed E-state index contributed by atoms with van der Waals surface area (Å²) in [5, 5.41) is 2.68. The molecule has 1 unspecified atom stereocenters. The molecule has 1 amide bonds. The predicted molar refractivity (Wildman–Crippen MR) is 89.4 cm³/mol. The highest BCUT2D eigenvalue weighted by molar-refractivity contribution is 5.95. The number of hydrogen-bond donors (Lipinski definition) is 2. The summed E-state index contributed by atoms with van der Waals surface area (Å²) < 4.78 is 29.6. The van der Waals surface area contributed by atoms with Crippen LogP contribution in [0.15, 0.2) is 42.5 Å². The lowest BCUT2D eigenvalue weighted by molar-refractivity contribution is -0.117. The normalized spacial score (nSPS) is 12.1. The Bertz CT molecular complexity index is 703. The van der Waals surface area contributed by atoms with Crippen molar-refractivity contribution in [2.24, 2.45) is 5.73 Å². The Morgan fingerprint density at radius 2 is 1.83 bits per heavy atom. The maximum absolute atomic E-state index is 12.3. The molecule has 0 aliphatic carbocycles. The van der Waals surface area contributed by atoms with E-state index in [1.165, 1.54) is 6.07 Å². The zero-order valence-electron chi connectivity index (χ0n) is 13.6. The van der Waals surface area contributed by atoms with E-state index in [4.69, 9.17) is 10.5 Å². The van der Waals surface area contributed by atoms with Gasteiger partial charge in [0.05, 0.1) is 0 Å². The summed E-state index contributed by atoms with van der Waals surface area (Å²) in [4.78, 5) is 12.3. The molecular formula is C18H20F2N2O2. The summed E-state index contributed by atoms with van der Waals surface area (Å²) >= 11 is 0. The van der Waals surface area contributed by atoms with Crippen LogP contribution >= 0.6 is 0 Å². The molecule has 6 heteroatoms. The third kappa shape index (κ3) is 4.76. The van der Waals surface area contributed by atoms with E-state index in [1.807, 2.05) is 19.1 Å². The number of nitrogens with two attached hydrogens (primary N) is 1. The fourth-order valence-corrected chi connectivity index (χ4v) is 2.13. The van der Waals surface area contributed by atoms with Crippen molar-refractivity contribution >= 4 is 11.6 Å². The van der Waals surface area contributed by atoms with Crippen LogP contribution in [0, 0.1) is 13.8 Å². The molecular weight excluding hydrogens is 314 g/mol. The monoisotopic (exact) mass is 334 g/mol. The molecule has 2 aromatic carbocycles. The molecule has 0 saturated carbocycles. The minimum Gasteiger partial charge on any atom is -0.487 e. The van der Waals surface area contributed by atoms with Gasteiger partial charge in [-0.1, -0.05) is 35.9 Å². The summed E-state index contributed by atoms with van der Waals surface area (Å²) in [7, 11) is 0. The Morgan fingerprint density at radius 3 is 2.46 bits per heavy atom. The minimum absolute atomic E-state index is 0.303. The van der Waals surface area contributed by atoms with E-state index in [0.717, 1.165) is 5.56 Å². The van der Waals surface area contributed by atoms with Gasteiger partial charge in [-0.2, -0.15) is 0 Å². The highest BCUT2D eigenvalue weighted by Gasteiger charge is 2.16. The van der Waals surface area contributed by atoms with Gasteiger partial charge in [0.25, 0.3) is 6.43 Å². The fraction of sp³-hybridized carbons (Fsp3) is 0.278. The number of amides is 1. The minimum atomic E-state index is -2.56. The van der Waals surface area contributed by atoms with Crippen molar-refractivity contribution in [3.63, 3.8) is 0 Å². The molecule has 0 aromatic heterocycles. The van der Waals surface area contributed by atoms with Crippen LogP contribution in [0.25, 0.3) is 0 Å². The Labute approximate surface area is 139 Å². The summed E-state index contributed by atoms with van der Waals surface area (Å²) in [6.45, 7) is 2.99. The maximum Gasteiger partial charge on any atom is 0.272 e. The van der Waals surface area contributed by atoms with Crippen molar-refractivity contribution in [2.45, 2.75) is 26.3 Å². The molecule has 0 heterocycles. The average Bonchev–Trinajstić information content (AvgIpc) is 2.55. The number of rotatable bonds is 6. The van der Waals surface area contributed by atoms with Gasteiger partial charge in [0.1, 0.15) is 18.4 Å². The van der Waals surface area contributed by atoms with Crippen molar-refractivity contribution in [1.82, 2.24) is 0 Å². The number of aryl methyl sites for hydroxylation is 2. The zero-order chi connectivity index (χ0) is 17.7. The number of carbonyl (C=O) groups is 1. The van der Waals surface area contributed by atoms with Crippen LogP contribution in [0.5, 0.6) is 5.75 Å². The smallest absolute Gasteiger partial charge is 0.272 e. The van der Waals surface area contributed by atoms with E-state index < -0.39 is 19.1 Å². The van der Waals surface area contributed by atoms with E-state index >= 15 is 0 Å². The van der Waals surface area contributed by atoms with Crippen molar-refractivity contribution in [3.8, 4) is 5.75 Å². The number of anilines is 1. The van der Waals surface area contributed by atoms with E-state index in [9.17, 15) is 13.6 Å². The molecule has 0 spiro atoms. The molecule has 4 nitrogen and oxygen atoms in total. The Kier molecular flexibility index (Phi) is 5.87. The molecule has 0 radical (unpaired) electrons. The van der Waals surface area contributed by atoms with Crippen LogP contribution < -0.4 is 15.8 Å².